The van der Waals surface area contributed by atoms with Crippen molar-refractivity contribution < 1.29 is 14.9 Å². The van der Waals surface area contributed by atoms with Gasteiger partial charge in [-0.15, -0.1) is 0 Å². The van der Waals surface area contributed by atoms with Crippen LogP contribution in [-0.2, 0) is 0 Å². The first-order chi connectivity index (χ1) is 9.56. The number of ether oxygens (including phenoxy) is 1. The number of aliphatic hydroxyl groups excluding tert-OH is 2. The van der Waals surface area contributed by atoms with Crippen LogP contribution in [0, 0.1) is 12.8 Å². The molecule has 2 N–H and O–H groups in total. The second kappa shape index (κ2) is 7.09. The lowest BCUT2D eigenvalue weighted by molar-refractivity contribution is 0.0852. The Hall–Kier alpha value is -1.06. The first kappa shape index (κ1) is 15.3. The molecule has 112 valence electrons. The highest BCUT2D eigenvalue weighted by atomic mass is 16.5. The third-order valence-corrected chi connectivity index (χ3v) is 4.19. The molecule has 1 aromatic rings. The lowest BCUT2D eigenvalue weighted by Crippen LogP contribution is -2.20. The van der Waals surface area contributed by atoms with Crippen molar-refractivity contribution in [3.63, 3.8) is 0 Å². The van der Waals surface area contributed by atoms with Crippen LogP contribution in [0.25, 0.3) is 0 Å². The Morgan fingerprint density at radius 1 is 1.25 bits per heavy atom. The molecule has 3 heteroatoms. The molecular weight excluding hydrogens is 252 g/mol. The molecule has 0 spiro atoms. The lowest BCUT2D eigenvalue weighted by atomic mass is 10.0. The van der Waals surface area contributed by atoms with E-state index in [9.17, 15) is 10.2 Å². The van der Waals surface area contributed by atoms with Gasteiger partial charge in [-0.1, -0.05) is 31.7 Å². The molecule has 0 amide bonds. The summed E-state index contributed by atoms with van der Waals surface area (Å²) < 4.78 is 5.71. The minimum Gasteiger partial charge on any atom is -0.491 e. The predicted octanol–water partition coefficient (Wildman–Crippen LogP) is 3.37. The molecule has 0 bridgehead atoms. The van der Waals surface area contributed by atoms with Gasteiger partial charge >= 0.3 is 0 Å². The van der Waals surface area contributed by atoms with Gasteiger partial charge in [0.25, 0.3) is 0 Å². The zero-order valence-corrected chi connectivity index (χ0v) is 12.5. The van der Waals surface area contributed by atoms with E-state index in [1.54, 1.807) is 6.92 Å². The Labute approximate surface area is 121 Å². The summed E-state index contributed by atoms with van der Waals surface area (Å²) in [4.78, 5) is 0. The molecule has 1 fully saturated rings. The van der Waals surface area contributed by atoms with Crippen LogP contribution in [0.5, 0.6) is 5.75 Å². The van der Waals surface area contributed by atoms with Gasteiger partial charge in [0.05, 0.1) is 12.2 Å². The van der Waals surface area contributed by atoms with Crippen LogP contribution in [0.1, 0.15) is 56.3 Å². The molecule has 0 radical (unpaired) electrons. The van der Waals surface area contributed by atoms with Gasteiger partial charge < -0.3 is 14.9 Å². The second-order valence-corrected chi connectivity index (χ2v) is 6.05. The van der Waals surface area contributed by atoms with Crippen LogP contribution in [-0.4, -0.2) is 22.9 Å². The predicted molar refractivity (Wildman–Crippen MR) is 79.9 cm³/mol. The van der Waals surface area contributed by atoms with Crippen molar-refractivity contribution in [3.8, 4) is 5.75 Å². The van der Waals surface area contributed by atoms with Gasteiger partial charge in [0.1, 0.15) is 12.4 Å². The van der Waals surface area contributed by atoms with E-state index in [2.05, 4.69) is 0 Å². The standard InChI is InChI=1S/C17H26O3/c1-12-9-15(13(2)18)7-8-17(12)20-11-16(19)10-14-5-3-4-6-14/h7-9,13-14,16,18-19H,3-6,10-11H2,1-2H3/t13-,16?/m1/s1. The summed E-state index contributed by atoms with van der Waals surface area (Å²) in [6, 6.07) is 5.68. The molecule has 0 saturated heterocycles. The first-order valence-electron chi connectivity index (χ1n) is 7.65. The van der Waals surface area contributed by atoms with Crippen molar-refractivity contribution in [2.75, 3.05) is 6.61 Å². The maximum Gasteiger partial charge on any atom is 0.122 e. The normalized spacial score (nSPS) is 19.0. The van der Waals surface area contributed by atoms with Crippen LogP contribution in [0.15, 0.2) is 18.2 Å². The molecule has 1 unspecified atom stereocenters. The van der Waals surface area contributed by atoms with Gasteiger partial charge in [0.2, 0.25) is 0 Å². The monoisotopic (exact) mass is 278 g/mol. The quantitative estimate of drug-likeness (QED) is 0.839. The fourth-order valence-electron chi connectivity index (χ4n) is 2.98. The fourth-order valence-corrected chi connectivity index (χ4v) is 2.98. The number of rotatable bonds is 6. The maximum atomic E-state index is 10.0. The Kier molecular flexibility index (Phi) is 5.44. The third kappa shape index (κ3) is 4.22. The zero-order valence-electron chi connectivity index (χ0n) is 12.5. The first-order valence-corrected chi connectivity index (χ1v) is 7.65. The topological polar surface area (TPSA) is 49.7 Å². The van der Waals surface area contributed by atoms with Gasteiger partial charge in [-0.2, -0.15) is 0 Å². The summed E-state index contributed by atoms with van der Waals surface area (Å²) >= 11 is 0. The molecule has 20 heavy (non-hydrogen) atoms. The Morgan fingerprint density at radius 2 is 1.95 bits per heavy atom. The second-order valence-electron chi connectivity index (χ2n) is 6.05. The van der Waals surface area contributed by atoms with Gasteiger partial charge in [0.15, 0.2) is 0 Å². The van der Waals surface area contributed by atoms with Crippen LogP contribution < -0.4 is 4.74 Å². The molecule has 0 aromatic heterocycles. The minimum absolute atomic E-state index is 0.353. The average molecular weight is 278 g/mol. The summed E-state index contributed by atoms with van der Waals surface area (Å²) in [6.07, 6.45) is 5.11. The summed E-state index contributed by atoms with van der Waals surface area (Å²) in [7, 11) is 0. The molecule has 3 nitrogen and oxygen atoms in total. The van der Waals surface area contributed by atoms with Crippen LogP contribution in [0.4, 0.5) is 0 Å². The van der Waals surface area contributed by atoms with E-state index in [4.69, 9.17) is 4.74 Å². The van der Waals surface area contributed by atoms with E-state index in [1.807, 2.05) is 25.1 Å². The van der Waals surface area contributed by atoms with E-state index in [-0.39, 0.29) is 6.10 Å². The van der Waals surface area contributed by atoms with E-state index in [0.29, 0.717) is 12.5 Å². The van der Waals surface area contributed by atoms with Crippen LogP contribution in [0.2, 0.25) is 0 Å². The fraction of sp³-hybridized carbons (Fsp3) is 0.647. The van der Waals surface area contributed by atoms with E-state index in [0.717, 1.165) is 23.3 Å². The molecule has 1 saturated carbocycles. The van der Waals surface area contributed by atoms with E-state index in [1.165, 1.54) is 25.7 Å². The summed E-state index contributed by atoms with van der Waals surface area (Å²) in [5.74, 6) is 1.46. The summed E-state index contributed by atoms with van der Waals surface area (Å²) in [5.41, 5.74) is 1.89. The molecule has 2 atom stereocenters. The Morgan fingerprint density at radius 3 is 2.55 bits per heavy atom. The van der Waals surface area contributed by atoms with Gasteiger partial charge in [-0.25, -0.2) is 0 Å². The third-order valence-electron chi connectivity index (χ3n) is 4.19. The molecule has 0 heterocycles. The smallest absolute Gasteiger partial charge is 0.122 e. The van der Waals surface area contributed by atoms with Crippen molar-refractivity contribution >= 4 is 0 Å². The minimum atomic E-state index is -0.462. The number of hydrogen-bond acceptors (Lipinski definition) is 3. The molecule has 2 rings (SSSR count). The highest BCUT2D eigenvalue weighted by Gasteiger charge is 2.19. The van der Waals surface area contributed by atoms with Gasteiger partial charge in [-0.3, -0.25) is 0 Å². The van der Waals surface area contributed by atoms with Gasteiger partial charge in [-0.05, 0) is 49.4 Å². The summed E-state index contributed by atoms with van der Waals surface area (Å²) in [6.45, 7) is 4.07. The number of aryl methyl sites for hydroxylation is 1. The SMILES string of the molecule is Cc1cc([C@@H](C)O)ccc1OCC(O)CC1CCCC1. The Bertz CT molecular complexity index is 422. The Balaban J connectivity index is 1.83. The van der Waals surface area contributed by atoms with Crippen molar-refractivity contribution in [1.29, 1.82) is 0 Å². The highest BCUT2D eigenvalue weighted by molar-refractivity contribution is 5.36. The molecule has 0 aliphatic heterocycles. The maximum absolute atomic E-state index is 10.0. The van der Waals surface area contributed by atoms with Gasteiger partial charge in [0, 0.05) is 0 Å². The van der Waals surface area contributed by atoms with Crippen LogP contribution in [0.3, 0.4) is 0 Å². The van der Waals surface area contributed by atoms with Crippen molar-refractivity contribution in [2.45, 2.75) is 58.2 Å². The largest absolute Gasteiger partial charge is 0.491 e. The van der Waals surface area contributed by atoms with Crippen molar-refractivity contribution in [2.24, 2.45) is 5.92 Å². The number of benzene rings is 1. The number of hydrogen-bond donors (Lipinski definition) is 2. The molecule has 1 aromatic carbocycles. The molecule has 1 aliphatic carbocycles. The van der Waals surface area contributed by atoms with Crippen molar-refractivity contribution in [3.05, 3.63) is 29.3 Å². The zero-order chi connectivity index (χ0) is 14.5. The molecular formula is C17H26O3. The highest BCUT2D eigenvalue weighted by Crippen LogP contribution is 2.29. The average Bonchev–Trinajstić information content (AvgIpc) is 2.90. The molecule has 1 aliphatic rings. The van der Waals surface area contributed by atoms with Crippen molar-refractivity contribution in [1.82, 2.24) is 0 Å². The van der Waals surface area contributed by atoms with E-state index < -0.39 is 6.10 Å². The lowest BCUT2D eigenvalue weighted by Gasteiger charge is -2.17. The van der Waals surface area contributed by atoms with E-state index >= 15 is 0 Å². The summed E-state index contributed by atoms with van der Waals surface area (Å²) in [5, 5.41) is 19.6. The number of aliphatic hydroxyl groups is 2. The van der Waals surface area contributed by atoms with Crippen LogP contribution >= 0.6 is 0 Å².